The molecule has 0 saturated heterocycles. The molecule has 1 heterocycles. The molecule has 3 rings (SSSR count). The van der Waals surface area contributed by atoms with Crippen molar-refractivity contribution in [3.05, 3.63) is 68.5 Å². The van der Waals surface area contributed by atoms with Crippen LogP contribution in [0, 0.1) is 0 Å². The number of H-pyrrole nitrogens is 1. The van der Waals surface area contributed by atoms with E-state index < -0.39 is 10.9 Å². The lowest BCUT2D eigenvalue weighted by Crippen LogP contribution is -2.36. The van der Waals surface area contributed by atoms with E-state index in [2.05, 4.69) is 15.3 Å². The first kappa shape index (κ1) is 12.8. The Labute approximate surface area is 118 Å². The van der Waals surface area contributed by atoms with Crippen LogP contribution >= 0.6 is 0 Å². The van der Waals surface area contributed by atoms with E-state index in [1.807, 2.05) is 0 Å². The summed E-state index contributed by atoms with van der Waals surface area (Å²) < 4.78 is 0. The second-order valence-corrected chi connectivity index (χ2v) is 4.45. The zero-order chi connectivity index (χ0) is 15.0. The molecule has 0 radical (unpaired) electrons. The highest BCUT2D eigenvalue weighted by Crippen LogP contribution is 2.20. The van der Waals surface area contributed by atoms with Gasteiger partial charge in [0.2, 0.25) is 5.78 Å². The van der Waals surface area contributed by atoms with Crippen LogP contribution in [0.4, 0.5) is 17.1 Å². The number of hydrogen-bond acceptors (Lipinski definition) is 6. The maximum absolute atomic E-state index is 12.2. The van der Waals surface area contributed by atoms with Crippen LogP contribution in [0.2, 0.25) is 0 Å². The van der Waals surface area contributed by atoms with Crippen LogP contribution in [-0.2, 0) is 0 Å². The standard InChI is InChI=1S/C14H10N4O3/c15-10-11(14(21)13(10)20)18-8-3-1-2-7(4-8)12(19)9-5-16-6-17-9/h1-6,18H,15H2,(H,16,17). The third-order valence-electron chi connectivity index (χ3n) is 3.08. The van der Waals surface area contributed by atoms with E-state index in [9.17, 15) is 14.4 Å². The van der Waals surface area contributed by atoms with Gasteiger partial charge in [-0.3, -0.25) is 14.4 Å². The van der Waals surface area contributed by atoms with Crippen molar-refractivity contribution in [1.29, 1.82) is 0 Å². The molecule has 3 aromatic rings. The van der Waals surface area contributed by atoms with E-state index in [4.69, 9.17) is 5.73 Å². The van der Waals surface area contributed by atoms with E-state index in [-0.39, 0.29) is 17.2 Å². The van der Waals surface area contributed by atoms with Crippen LogP contribution in [0.1, 0.15) is 16.1 Å². The van der Waals surface area contributed by atoms with Gasteiger partial charge in [0, 0.05) is 11.3 Å². The normalized spacial score (nSPS) is 10.7. The molecule has 0 spiro atoms. The number of rotatable bonds is 4. The van der Waals surface area contributed by atoms with Gasteiger partial charge >= 0.3 is 0 Å². The fourth-order valence-corrected chi connectivity index (χ4v) is 1.95. The number of carbonyl (C=O) groups is 1. The minimum Gasteiger partial charge on any atom is -0.394 e. The van der Waals surface area contributed by atoms with Crippen molar-refractivity contribution >= 4 is 22.8 Å². The highest BCUT2D eigenvalue weighted by molar-refractivity contribution is 6.08. The van der Waals surface area contributed by atoms with Crippen LogP contribution in [0.25, 0.3) is 0 Å². The van der Waals surface area contributed by atoms with Crippen LogP contribution in [-0.4, -0.2) is 15.8 Å². The summed E-state index contributed by atoms with van der Waals surface area (Å²) in [7, 11) is 0. The number of nitrogens with two attached hydrogens (primary N) is 1. The fraction of sp³-hybridized carbons (Fsp3) is 0. The summed E-state index contributed by atoms with van der Waals surface area (Å²) in [6.07, 6.45) is 2.84. The summed E-state index contributed by atoms with van der Waals surface area (Å²) in [5, 5.41) is 2.76. The molecule has 21 heavy (non-hydrogen) atoms. The summed E-state index contributed by atoms with van der Waals surface area (Å²) in [5.41, 5.74) is 5.35. The molecular formula is C14H10N4O3. The Morgan fingerprint density at radius 1 is 1.24 bits per heavy atom. The Balaban J connectivity index is 1.89. The topological polar surface area (TPSA) is 118 Å². The number of nitrogens with zero attached hydrogens (tertiary/aromatic N) is 1. The van der Waals surface area contributed by atoms with Gasteiger partial charge in [0.15, 0.2) is 0 Å². The number of benzene rings is 1. The average molecular weight is 282 g/mol. The van der Waals surface area contributed by atoms with Crippen molar-refractivity contribution in [2.24, 2.45) is 0 Å². The number of aromatic amines is 1. The number of nitrogens with one attached hydrogen (secondary N) is 2. The van der Waals surface area contributed by atoms with E-state index in [1.54, 1.807) is 24.3 Å². The lowest BCUT2D eigenvalue weighted by Gasteiger charge is -2.10. The van der Waals surface area contributed by atoms with Crippen LogP contribution in [0.5, 0.6) is 0 Å². The van der Waals surface area contributed by atoms with Gasteiger partial charge in [-0.2, -0.15) is 0 Å². The number of anilines is 3. The van der Waals surface area contributed by atoms with Gasteiger partial charge in [0.05, 0.1) is 12.5 Å². The van der Waals surface area contributed by atoms with Crippen molar-refractivity contribution in [3.63, 3.8) is 0 Å². The molecule has 7 heteroatoms. The number of hydrogen-bond donors (Lipinski definition) is 3. The zero-order valence-corrected chi connectivity index (χ0v) is 10.7. The van der Waals surface area contributed by atoms with E-state index in [0.29, 0.717) is 16.9 Å². The van der Waals surface area contributed by atoms with Crippen LogP contribution in [0.3, 0.4) is 0 Å². The largest absolute Gasteiger partial charge is 0.394 e. The molecular weight excluding hydrogens is 272 g/mol. The first-order valence-electron chi connectivity index (χ1n) is 6.07. The second kappa shape index (κ2) is 4.71. The van der Waals surface area contributed by atoms with Gasteiger partial charge in [-0.15, -0.1) is 0 Å². The highest BCUT2D eigenvalue weighted by Gasteiger charge is 2.18. The summed E-state index contributed by atoms with van der Waals surface area (Å²) in [5.74, 6) is -0.228. The molecule has 4 N–H and O–H groups in total. The molecule has 0 aliphatic carbocycles. The summed E-state index contributed by atoms with van der Waals surface area (Å²) >= 11 is 0. The monoisotopic (exact) mass is 282 g/mol. The third kappa shape index (κ3) is 2.10. The number of aromatic nitrogens is 2. The minimum atomic E-state index is -0.692. The van der Waals surface area contributed by atoms with Gasteiger partial charge in [0.1, 0.15) is 17.1 Å². The molecule has 0 aliphatic rings. The Hall–Kier alpha value is -3.22. The molecule has 0 amide bonds. The Morgan fingerprint density at radius 3 is 2.71 bits per heavy atom. The Bertz CT molecular complexity index is 889. The average Bonchev–Trinajstić information content (AvgIpc) is 3.05. The van der Waals surface area contributed by atoms with Crippen LogP contribution < -0.4 is 21.9 Å². The minimum absolute atomic E-state index is 0.0612. The van der Waals surface area contributed by atoms with Gasteiger partial charge in [-0.05, 0) is 12.1 Å². The maximum atomic E-state index is 12.2. The van der Waals surface area contributed by atoms with E-state index >= 15 is 0 Å². The summed E-state index contributed by atoms with van der Waals surface area (Å²) in [6, 6.07) is 6.53. The van der Waals surface area contributed by atoms with Crippen molar-refractivity contribution < 1.29 is 4.79 Å². The molecule has 0 fully saturated rings. The lowest BCUT2D eigenvalue weighted by molar-refractivity contribution is 0.103. The SMILES string of the molecule is Nc1c(Nc2cccc(C(=O)c3cnc[nH]3)c2)c(=O)c1=O. The van der Waals surface area contributed by atoms with E-state index in [0.717, 1.165) is 0 Å². The van der Waals surface area contributed by atoms with Crippen molar-refractivity contribution in [2.75, 3.05) is 11.1 Å². The smallest absolute Gasteiger partial charge is 0.253 e. The summed E-state index contributed by atoms with van der Waals surface area (Å²) in [4.78, 5) is 41.1. The zero-order valence-electron chi connectivity index (χ0n) is 10.7. The van der Waals surface area contributed by atoms with E-state index in [1.165, 1.54) is 12.5 Å². The number of imidazole rings is 1. The van der Waals surface area contributed by atoms with Crippen molar-refractivity contribution in [3.8, 4) is 0 Å². The predicted octanol–water partition coefficient (Wildman–Crippen LogP) is 0.562. The quantitative estimate of drug-likeness (QED) is 0.475. The molecule has 1 aromatic heterocycles. The Morgan fingerprint density at radius 2 is 2.05 bits per heavy atom. The molecule has 0 unspecified atom stereocenters. The highest BCUT2D eigenvalue weighted by atomic mass is 16.2. The first-order chi connectivity index (χ1) is 10.1. The van der Waals surface area contributed by atoms with Gasteiger partial charge in [-0.25, -0.2) is 4.98 Å². The molecule has 0 bridgehead atoms. The predicted molar refractivity (Wildman–Crippen MR) is 77.5 cm³/mol. The van der Waals surface area contributed by atoms with Crippen LogP contribution in [0.15, 0.2) is 46.4 Å². The molecule has 0 aliphatic heterocycles. The molecule has 0 atom stereocenters. The number of carbonyl (C=O) groups excluding carboxylic acids is 1. The first-order valence-corrected chi connectivity index (χ1v) is 6.07. The molecule has 0 saturated carbocycles. The fourth-order valence-electron chi connectivity index (χ4n) is 1.95. The van der Waals surface area contributed by atoms with Gasteiger partial charge in [0.25, 0.3) is 10.9 Å². The van der Waals surface area contributed by atoms with Crippen molar-refractivity contribution in [2.45, 2.75) is 0 Å². The molecule has 104 valence electrons. The number of ketones is 1. The third-order valence-corrected chi connectivity index (χ3v) is 3.08. The van der Waals surface area contributed by atoms with Crippen molar-refractivity contribution in [1.82, 2.24) is 9.97 Å². The molecule has 7 nitrogen and oxygen atoms in total. The maximum Gasteiger partial charge on any atom is 0.253 e. The number of nitrogen functional groups attached to an aromatic ring is 1. The Kier molecular flexibility index (Phi) is 2.87. The molecule has 2 aromatic carbocycles. The second-order valence-electron chi connectivity index (χ2n) is 4.45. The summed E-state index contributed by atoms with van der Waals surface area (Å²) in [6.45, 7) is 0. The lowest BCUT2D eigenvalue weighted by atomic mass is 10.1. The van der Waals surface area contributed by atoms with Gasteiger partial charge < -0.3 is 16.0 Å². The van der Waals surface area contributed by atoms with Gasteiger partial charge in [-0.1, -0.05) is 12.1 Å².